The zero-order valence-electron chi connectivity index (χ0n) is 11.8. The van der Waals surface area contributed by atoms with Crippen molar-refractivity contribution in [2.45, 2.75) is 10.8 Å². The number of nitro benzene ring substituents is 1. The van der Waals surface area contributed by atoms with Gasteiger partial charge in [0.25, 0.3) is 17.5 Å². The Kier molecular flexibility index (Phi) is 7.00. The number of alkyl halides is 2. The van der Waals surface area contributed by atoms with E-state index in [-0.39, 0.29) is 12.4 Å². The van der Waals surface area contributed by atoms with Crippen LogP contribution in [0.15, 0.2) is 23.1 Å². The number of non-ortho nitro benzene ring substituents is 1. The molecule has 0 bridgehead atoms. The van der Waals surface area contributed by atoms with Gasteiger partial charge in [0.05, 0.1) is 22.9 Å². The van der Waals surface area contributed by atoms with E-state index in [1.54, 1.807) is 0 Å². The first-order valence-corrected chi connectivity index (χ1v) is 7.71. The molecule has 0 radical (unpaired) electrons. The normalized spacial score (nSPS) is 11.5. The van der Waals surface area contributed by atoms with E-state index in [2.05, 4.69) is 0 Å². The van der Waals surface area contributed by atoms with E-state index in [0.717, 1.165) is 24.5 Å². The summed E-state index contributed by atoms with van der Waals surface area (Å²) in [6, 6.07) is 2.45. The van der Waals surface area contributed by atoms with Crippen LogP contribution in [0.2, 0.25) is 0 Å². The largest absolute Gasteiger partial charge is 0.346 e. The van der Waals surface area contributed by atoms with E-state index < -0.39 is 55.8 Å². The van der Waals surface area contributed by atoms with E-state index in [0.29, 0.717) is 0 Å². The van der Waals surface area contributed by atoms with Crippen LogP contribution in [-0.4, -0.2) is 44.5 Å². The summed E-state index contributed by atoms with van der Waals surface area (Å²) < 4.78 is 48.8. The lowest BCUT2D eigenvalue weighted by atomic mass is 10.2. The first-order valence-electron chi connectivity index (χ1n) is 5.82. The summed E-state index contributed by atoms with van der Waals surface area (Å²) in [5, 5.41) is 12.6. The number of carbonyl (C=O) groups is 1. The predicted molar refractivity (Wildman–Crippen MR) is 79.8 cm³/mol. The molecule has 0 atom stereocenters. The molecular weight excluding hydrogens is 360 g/mol. The van der Waals surface area contributed by atoms with Gasteiger partial charge in [-0.25, -0.2) is 17.2 Å². The molecule has 0 aliphatic carbocycles. The maximum absolute atomic E-state index is 13.0. The van der Waals surface area contributed by atoms with Crippen molar-refractivity contribution in [3.8, 4) is 0 Å². The quantitative estimate of drug-likeness (QED) is 0.558. The number of hydrogen-bond acceptors (Lipinski definition) is 6. The van der Waals surface area contributed by atoms with E-state index >= 15 is 0 Å². The molecule has 0 aliphatic rings. The number of sulfone groups is 1. The molecule has 3 N–H and O–H groups in total. The van der Waals surface area contributed by atoms with Crippen molar-refractivity contribution in [1.82, 2.24) is 5.32 Å². The highest BCUT2D eigenvalue weighted by Crippen LogP contribution is 2.21. The molecule has 130 valence electrons. The number of nitro groups is 1. The number of rotatable bonds is 6. The van der Waals surface area contributed by atoms with E-state index in [4.69, 9.17) is 5.73 Å². The second-order valence-corrected chi connectivity index (χ2v) is 6.50. The van der Waals surface area contributed by atoms with Crippen molar-refractivity contribution in [1.29, 1.82) is 0 Å². The number of benzene rings is 1. The number of carbonyl (C=O) groups excluding carboxylic acids is 1. The molecule has 0 unspecified atom stereocenters. The van der Waals surface area contributed by atoms with Crippen LogP contribution in [-0.2, 0) is 9.84 Å². The van der Waals surface area contributed by atoms with Crippen LogP contribution >= 0.6 is 12.4 Å². The summed E-state index contributed by atoms with van der Waals surface area (Å²) in [6.45, 7) is -2.06. The zero-order valence-corrected chi connectivity index (χ0v) is 13.4. The fraction of sp³-hybridized carbons (Fsp3) is 0.364. The Morgan fingerprint density at radius 3 is 2.39 bits per heavy atom. The maximum Gasteiger partial charge on any atom is 0.277 e. The molecule has 1 aromatic carbocycles. The number of nitrogens with two attached hydrogens (primary N) is 1. The van der Waals surface area contributed by atoms with Gasteiger partial charge < -0.3 is 11.1 Å². The number of nitrogens with zero attached hydrogens (tertiary/aromatic N) is 1. The minimum Gasteiger partial charge on any atom is -0.346 e. The van der Waals surface area contributed by atoms with Crippen molar-refractivity contribution in [3.05, 3.63) is 33.9 Å². The van der Waals surface area contributed by atoms with Crippen LogP contribution in [0.1, 0.15) is 10.4 Å². The predicted octanol–water partition coefficient (Wildman–Crippen LogP) is 0.744. The third-order valence-corrected chi connectivity index (χ3v) is 3.69. The van der Waals surface area contributed by atoms with Crippen molar-refractivity contribution in [2.75, 3.05) is 19.3 Å². The van der Waals surface area contributed by atoms with Crippen molar-refractivity contribution in [2.24, 2.45) is 5.73 Å². The van der Waals surface area contributed by atoms with Gasteiger partial charge in [-0.3, -0.25) is 14.9 Å². The van der Waals surface area contributed by atoms with Crippen LogP contribution in [0.4, 0.5) is 14.5 Å². The molecule has 12 heteroatoms. The summed E-state index contributed by atoms with van der Waals surface area (Å²) in [5.41, 5.74) is 3.75. The molecule has 0 aromatic heterocycles. The molecular formula is C11H14ClF2N3O5S. The second kappa shape index (κ2) is 7.62. The SMILES string of the molecule is CS(=O)(=O)c1cc(C(=O)NCC(F)(F)CN)cc([N+](=O)[O-])c1.Cl. The van der Waals surface area contributed by atoms with Crippen molar-refractivity contribution >= 4 is 33.8 Å². The fourth-order valence-electron chi connectivity index (χ4n) is 1.42. The molecule has 0 heterocycles. The minimum atomic E-state index is -3.82. The third-order valence-electron chi connectivity index (χ3n) is 2.60. The molecule has 0 spiro atoms. The molecule has 0 aliphatic heterocycles. The third kappa shape index (κ3) is 6.04. The van der Waals surface area contributed by atoms with Crippen molar-refractivity contribution in [3.63, 3.8) is 0 Å². The lowest BCUT2D eigenvalue weighted by molar-refractivity contribution is -0.385. The van der Waals surface area contributed by atoms with Gasteiger partial charge in [-0.15, -0.1) is 12.4 Å². The highest BCUT2D eigenvalue weighted by molar-refractivity contribution is 7.90. The highest BCUT2D eigenvalue weighted by atomic mass is 35.5. The molecule has 0 fully saturated rings. The average Bonchev–Trinajstić information content (AvgIpc) is 2.43. The van der Waals surface area contributed by atoms with Gasteiger partial charge in [-0.1, -0.05) is 0 Å². The second-order valence-electron chi connectivity index (χ2n) is 4.49. The summed E-state index contributed by atoms with van der Waals surface area (Å²) >= 11 is 0. The smallest absolute Gasteiger partial charge is 0.277 e. The Hall–Kier alpha value is -1.85. The van der Waals surface area contributed by atoms with E-state index in [9.17, 15) is 32.1 Å². The van der Waals surface area contributed by atoms with Gasteiger partial charge in [-0.05, 0) is 6.07 Å². The lowest BCUT2D eigenvalue weighted by Gasteiger charge is -2.14. The van der Waals surface area contributed by atoms with Crippen molar-refractivity contribution < 1.29 is 26.9 Å². The van der Waals surface area contributed by atoms with Crippen LogP contribution in [0.5, 0.6) is 0 Å². The molecule has 0 saturated heterocycles. The topological polar surface area (TPSA) is 132 Å². The van der Waals surface area contributed by atoms with E-state index in [1.165, 1.54) is 0 Å². The van der Waals surface area contributed by atoms with E-state index in [1.807, 2.05) is 5.32 Å². The zero-order chi connectivity index (χ0) is 17.1. The van der Waals surface area contributed by atoms with Crippen LogP contribution in [0.3, 0.4) is 0 Å². The Bertz CT molecular complexity index is 712. The highest BCUT2D eigenvalue weighted by Gasteiger charge is 2.28. The summed E-state index contributed by atoms with van der Waals surface area (Å²) in [6.07, 6.45) is 0.802. The average molecular weight is 374 g/mol. The van der Waals surface area contributed by atoms with Crippen LogP contribution < -0.4 is 11.1 Å². The summed E-state index contributed by atoms with van der Waals surface area (Å²) in [4.78, 5) is 21.2. The molecule has 8 nitrogen and oxygen atoms in total. The minimum absolute atomic E-state index is 0. The fourth-order valence-corrected chi connectivity index (χ4v) is 2.09. The van der Waals surface area contributed by atoms with Gasteiger partial charge in [0.15, 0.2) is 9.84 Å². The number of hydrogen-bond donors (Lipinski definition) is 2. The number of nitrogens with one attached hydrogen (secondary N) is 1. The van der Waals surface area contributed by atoms with Crippen LogP contribution in [0.25, 0.3) is 0 Å². The Labute approximate surface area is 136 Å². The van der Waals surface area contributed by atoms with Gasteiger partial charge in [-0.2, -0.15) is 0 Å². The standard InChI is InChI=1S/C11H13F2N3O5S.ClH/c1-22(20,21)9-3-7(2-8(4-9)16(18)19)10(17)15-6-11(12,13)5-14;/h2-4H,5-6,14H2,1H3,(H,15,17);1H. The van der Waals surface area contributed by atoms with Crippen LogP contribution in [0, 0.1) is 10.1 Å². The molecule has 1 aromatic rings. The van der Waals surface area contributed by atoms with Gasteiger partial charge in [0.2, 0.25) is 0 Å². The lowest BCUT2D eigenvalue weighted by Crippen LogP contribution is -2.41. The van der Waals surface area contributed by atoms with Gasteiger partial charge in [0.1, 0.15) is 0 Å². The Morgan fingerprint density at radius 1 is 1.39 bits per heavy atom. The summed E-state index contributed by atoms with van der Waals surface area (Å²) in [7, 11) is -3.82. The number of amides is 1. The molecule has 23 heavy (non-hydrogen) atoms. The monoisotopic (exact) mass is 373 g/mol. The summed E-state index contributed by atoms with van der Waals surface area (Å²) in [5.74, 6) is -4.41. The Balaban J connectivity index is 0.00000484. The molecule has 1 amide bonds. The first kappa shape index (κ1) is 21.1. The van der Waals surface area contributed by atoms with Gasteiger partial charge >= 0.3 is 0 Å². The Morgan fingerprint density at radius 2 is 1.96 bits per heavy atom. The molecule has 1 rings (SSSR count). The first-order chi connectivity index (χ1) is 9.96. The molecule has 0 saturated carbocycles. The maximum atomic E-state index is 13.0. The van der Waals surface area contributed by atoms with Gasteiger partial charge in [0, 0.05) is 24.0 Å². The number of halogens is 3.